The Morgan fingerprint density at radius 1 is 0.472 bits per heavy atom. The van der Waals surface area contributed by atoms with Gasteiger partial charge in [0.25, 0.3) is 11.1 Å². The first-order valence-electron chi connectivity index (χ1n) is 11.7. The zero-order chi connectivity index (χ0) is 24.2. The minimum atomic E-state index is -0.361. The van der Waals surface area contributed by atoms with Gasteiger partial charge in [-0.2, -0.15) is 0 Å². The van der Waals surface area contributed by atoms with Crippen LogP contribution in [-0.4, -0.2) is 14.1 Å². The number of fused-ring (bicyclic) bond motifs is 6. The second-order valence-electron chi connectivity index (χ2n) is 8.81. The first-order chi connectivity index (χ1) is 17.7. The van der Waals surface area contributed by atoms with Crippen LogP contribution in [0, 0.1) is 0 Å². The highest BCUT2D eigenvalue weighted by atomic mass is 16.2. The van der Waals surface area contributed by atoms with Crippen LogP contribution >= 0.6 is 0 Å². The van der Waals surface area contributed by atoms with E-state index in [1.165, 1.54) is 4.57 Å². The van der Waals surface area contributed by atoms with Crippen molar-refractivity contribution in [2.75, 3.05) is 0 Å². The summed E-state index contributed by atoms with van der Waals surface area (Å²) in [4.78, 5) is 32.1. The average molecular weight is 466 g/mol. The van der Waals surface area contributed by atoms with Crippen molar-refractivity contribution in [1.29, 1.82) is 0 Å². The lowest BCUT2D eigenvalue weighted by molar-refractivity contribution is 0.975. The molecule has 3 heterocycles. The topological polar surface area (TPSA) is 56.9 Å². The van der Waals surface area contributed by atoms with Crippen molar-refractivity contribution in [3.63, 3.8) is 0 Å². The zero-order valence-corrected chi connectivity index (χ0v) is 19.1. The summed E-state index contributed by atoms with van der Waals surface area (Å²) in [5.41, 5.74) is 2.77. The van der Waals surface area contributed by atoms with Gasteiger partial charge in [0.2, 0.25) is 0 Å². The van der Waals surface area contributed by atoms with E-state index >= 15 is 0 Å². The third-order valence-corrected chi connectivity index (χ3v) is 6.82. The molecule has 5 heteroatoms. The molecule has 0 aliphatic heterocycles. The molecule has 0 N–H and O–H groups in total. The Morgan fingerprint density at radius 2 is 1.11 bits per heavy atom. The van der Waals surface area contributed by atoms with Crippen LogP contribution in [0.2, 0.25) is 0 Å². The number of benzene rings is 4. The Kier molecular flexibility index (Phi) is 4.38. The summed E-state index contributed by atoms with van der Waals surface area (Å²) in [7, 11) is 0. The second-order valence-corrected chi connectivity index (χ2v) is 8.81. The Balaban J connectivity index is 1.77. The molecule has 0 saturated heterocycles. The van der Waals surface area contributed by atoms with Gasteiger partial charge < -0.3 is 4.57 Å². The maximum atomic E-state index is 14.1. The number of rotatable bonds is 2. The summed E-state index contributed by atoms with van der Waals surface area (Å²) in [6, 6.07) is 33.0. The number of hydrogen-bond donors (Lipinski definition) is 0. The number of hydrogen-bond acceptors (Lipinski definition) is 3. The second kappa shape index (κ2) is 7.75. The van der Waals surface area contributed by atoms with E-state index in [1.807, 2.05) is 60.7 Å². The first-order valence-corrected chi connectivity index (χ1v) is 11.7. The van der Waals surface area contributed by atoms with Gasteiger partial charge in [0, 0.05) is 34.2 Å². The van der Waals surface area contributed by atoms with Gasteiger partial charge in [-0.3, -0.25) is 14.6 Å². The molecule has 0 aliphatic carbocycles. The van der Waals surface area contributed by atoms with Crippen LogP contribution < -0.4 is 11.1 Å². The van der Waals surface area contributed by atoms with E-state index in [0.717, 1.165) is 27.5 Å². The van der Waals surface area contributed by atoms with E-state index < -0.39 is 0 Å². The van der Waals surface area contributed by atoms with E-state index in [1.54, 1.807) is 30.6 Å². The maximum Gasteiger partial charge on any atom is 0.266 e. The number of aromatic nitrogens is 3. The minimum Gasteiger partial charge on any atom is -0.309 e. The van der Waals surface area contributed by atoms with Crippen molar-refractivity contribution in [3.8, 4) is 11.4 Å². The van der Waals surface area contributed by atoms with Crippen LogP contribution in [0.3, 0.4) is 0 Å². The van der Waals surface area contributed by atoms with E-state index in [0.29, 0.717) is 27.2 Å². The average Bonchev–Trinajstić information content (AvgIpc) is 3.22. The Morgan fingerprint density at radius 3 is 1.86 bits per heavy atom. The van der Waals surface area contributed by atoms with Gasteiger partial charge in [-0.25, -0.2) is 4.57 Å². The summed E-state index contributed by atoms with van der Waals surface area (Å²) in [5, 5.41) is 4.36. The number of pyridine rings is 1. The molecule has 0 atom stereocenters. The first kappa shape index (κ1) is 20.4. The number of nitrogens with zero attached hydrogens (tertiary/aromatic N) is 3. The van der Waals surface area contributed by atoms with Gasteiger partial charge in [-0.05, 0) is 53.9 Å². The Bertz CT molecular complexity index is 2080. The molecule has 7 rings (SSSR count). The molecule has 170 valence electrons. The lowest BCUT2D eigenvalue weighted by Crippen LogP contribution is -2.28. The SMILES string of the molecule is O=c1c2ccncc2c2cc3c4ccccc4n(-c4ccccc4)c3cc2c(=O)n1-c1ccccc1. The van der Waals surface area contributed by atoms with Crippen molar-refractivity contribution in [1.82, 2.24) is 14.1 Å². The largest absolute Gasteiger partial charge is 0.309 e. The monoisotopic (exact) mass is 465 g/mol. The highest BCUT2D eigenvalue weighted by Crippen LogP contribution is 2.35. The summed E-state index contributed by atoms with van der Waals surface area (Å²) < 4.78 is 3.44. The predicted octanol–water partition coefficient (Wildman–Crippen LogP) is 6.00. The fraction of sp³-hybridized carbons (Fsp3) is 0. The van der Waals surface area contributed by atoms with Crippen LogP contribution in [0.15, 0.2) is 125 Å². The molecular weight excluding hydrogens is 446 g/mol. The normalized spacial score (nSPS) is 11.6. The van der Waals surface area contributed by atoms with Crippen LogP contribution in [0.25, 0.3) is 54.7 Å². The van der Waals surface area contributed by atoms with E-state index in [2.05, 4.69) is 33.8 Å². The minimum absolute atomic E-state index is 0.357. The predicted molar refractivity (Wildman–Crippen MR) is 145 cm³/mol. The molecule has 0 saturated carbocycles. The van der Waals surface area contributed by atoms with Crippen LogP contribution in [0.1, 0.15) is 0 Å². The molecule has 36 heavy (non-hydrogen) atoms. The standard InChI is InChI=1S/C31H19N3O2/c35-30-23-15-16-32-19-27(23)24-17-25-22-13-7-8-14-28(22)33(20-9-3-1-4-10-20)29(25)18-26(24)31(36)34(30)21-11-5-2-6-12-21/h1-19H. The fourth-order valence-electron chi connectivity index (χ4n) is 5.21. The van der Waals surface area contributed by atoms with Gasteiger partial charge in [0.15, 0.2) is 0 Å². The maximum absolute atomic E-state index is 14.1. The van der Waals surface area contributed by atoms with Gasteiger partial charge in [0.1, 0.15) is 0 Å². The summed E-state index contributed by atoms with van der Waals surface area (Å²) in [6.45, 7) is 0. The van der Waals surface area contributed by atoms with Crippen LogP contribution in [0.4, 0.5) is 0 Å². The van der Waals surface area contributed by atoms with Crippen LogP contribution in [-0.2, 0) is 0 Å². The Labute approximate surface area is 205 Å². The molecule has 7 aromatic rings. The summed E-state index contributed by atoms with van der Waals surface area (Å²) in [6.07, 6.45) is 3.27. The molecule has 0 spiro atoms. The van der Waals surface area contributed by atoms with Crippen LogP contribution in [0.5, 0.6) is 0 Å². The van der Waals surface area contributed by atoms with Crippen molar-refractivity contribution < 1.29 is 0 Å². The van der Waals surface area contributed by atoms with E-state index in [-0.39, 0.29) is 11.1 Å². The molecule has 3 aromatic heterocycles. The quantitative estimate of drug-likeness (QED) is 0.315. The van der Waals surface area contributed by atoms with Crippen molar-refractivity contribution in [2.24, 2.45) is 0 Å². The smallest absolute Gasteiger partial charge is 0.266 e. The zero-order valence-electron chi connectivity index (χ0n) is 19.1. The number of para-hydroxylation sites is 3. The van der Waals surface area contributed by atoms with E-state index in [4.69, 9.17) is 0 Å². The highest BCUT2D eigenvalue weighted by Gasteiger charge is 2.17. The lowest BCUT2D eigenvalue weighted by Gasteiger charge is -2.08. The van der Waals surface area contributed by atoms with Gasteiger partial charge in [-0.1, -0.05) is 54.6 Å². The molecule has 0 aliphatic rings. The molecule has 0 unspecified atom stereocenters. The lowest BCUT2D eigenvalue weighted by atomic mass is 10.0. The van der Waals surface area contributed by atoms with Crippen molar-refractivity contribution in [2.45, 2.75) is 0 Å². The van der Waals surface area contributed by atoms with E-state index in [9.17, 15) is 9.59 Å². The van der Waals surface area contributed by atoms with Gasteiger partial charge >= 0.3 is 0 Å². The molecule has 4 aromatic carbocycles. The van der Waals surface area contributed by atoms with Crippen molar-refractivity contribution >= 4 is 43.4 Å². The third kappa shape index (κ3) is 2.86. The molecular formula is C31H19N3O2. The fourth-order valence-corrected chi connectivity index (χ4v) is 5.21. The molecule has 0 amide bonds. The third-order valence-electron chi connectivity index (χ3n) is 6.82. The highest BCUT2D eigenvalue weighted by molar-refractivity contribution is 6.17. The molecule has 0 radical (unpaired) electrons. The summed E-state index contributed by atoms with van der Waals surface area (Å²) in [5.74, 6) is 0. The van der Waals surface area contributed by atoms with Gasteiger partial charge in [0.05, 0.1) is 27.5 Å². The molecule has 0 bridgehead atoms. The van der Waals surface area contributed by atoms with Gasteiger partial charge in [-0.15, -0.1) is 0 Å². The Hall–Kier alpha value is -5.03. The molecule has 0 fully saturated rings. The molecule has 5 nitrogen and oxygen atoms in total. The van der Waals surface area contributed by atoms with Crippen molar-refractivity contribution in [3.05, 3.63) is 136 Å². The summed E-state index contributed by atoms with van der Waals surface area (Å²) >= 11 is 0.